The fraction of sp³-hybridized carbons (Fsp3) is 0. The maximum Gasteiger partial charge on any atom is 0.194 e. The average molecular weight is 915 g/mol. The van der Waals surface area contributed by atoms with Crippen LogP contribution in [0.4, 0.5) is 17.1 Å². The van der Waals surface area contributed by atoms with Crippen molar-refractivity contribution in [3.05, 3.63) is 252 Å². The van der Waals surface area contributed by atoms with Gasteiger partial charge in [0.05, 0.1) is 76.4 Å². The Hall–Kier alpha value is -10.8. The minimum atomic E-state index is 0.440. The molecule has 8 nitrogen and oxygen atoms in total. The van der Waals surface area contributed by atoms with Gasteiger partial charge in [-0.1, -0.05) is 115 Å². The lowest BCUT2D eigenvalue weighted by Gasteiger charge is -2.21. The number of benzene rings is 9. The largest absolute Gasteiger partial charge is 0.308 e. The third-order valence-electron chi connectivity index (χ3n) is 13.6. The minimum absolute atomic E-state index is 0.440. The molecule has 0 saturated heterocycles. The molecule has 330 valence electrons. The average Bonchev–Trinajstić information content (AvgIpc) is 3.96. The first-order valence-corrected chi connectivity index (χ1v) is 23.1. The molecule has 0 aliphatic carbocycles. The first kappa shape index (κ1) is 42.5. The SMILES string of the molecule is [C-]#[N+]c1ccccc1-c1ccc2c(c1)c1cc(-c3ccccc3C#N)ccc1n2-c1cc(C#N)cc(-n2c3ccc(-c4ccccc4[N+]#[C-])cc3c3cc(-c4ccccc4[N+]#[C-])ccc32)c1-c1ccncc1. The van der Waals surface area contributed by atoms with Gasteiger partial charge in [0.15, 0.2) is 17.1 Å². The van der Waals surface area contributed by atoms with E-state index >= 15 is 0 Å². The maximum absolute atomic E-state index is 11.1. The van der Waals surface area contributed by atoms with Crippen molar-refractivity contribution in [1.82, 2.24) is 14.1 Å². The fourth-order valence-electron chi connectivity index (χ4n) is 10.4. The van der Waals surface area contributed by atoms with E-state index in [0.29, 0.717) is 28.2 Å². The van der Waals surface area contributed by atoms with Crippen molar-refractivity contribution in [2.45, 2.75) is 0 Å². The van der Waals surface area contributed by atoms with Gasteiger partial charge >= 0.3 is 0 Å². The Kier molecular flexibility index (Phi) is 10.3. The van der Waals surface area contributed by atoms with Crippen molar-refractivity contribution in [3.63, 3.8) is 0 Å². The first-order chi connectivity index (χ1) is 35.5. The lowest BCUT2D eigenvalue weighted by molar-refractivity contribution is 1.13. The van der Waals surface area contributed by atoms with Crippen LogP contribution in [0.25, 0.3) is 125 Å². The van der Waals surface area contributed by atoms with Gasteiger partial charge in [0.2, 0.25) is 0 Å². The van der Waals surface area contributed by atoms with E-state index in [1.807, 2.05) is 127 Å². The lowest BCUT2D eigenvalue weighted by Crippen LogP contribution is -2.05. The number of nitrogens with zero attached hydrogens (tertiary/aromatic N) is 8. The van der Waals surface area contributed by atoms with Gasteiger partial charge in [-0.05, 0) is 129 Å². The second-order valence-corrected chi connectivity index (χ2v) is 17.4. The normalized spacial score (nSPS) is 11.0. The first-order valence-electron chi connectivity index (χ1n) is 23.1. The number of hydrogen-bond donors (Lipinski definition) is 0. The molecular formula is C64H34N8. The van der Waals surface area contributed by atoms with E-state index in [1.165, 1.54) is 0 Å². The number of hydrogen-bond acceptors (Lipinski definition) is 3. The molecule has 0 radical (unpaired) electrons. The van der Waals surface area contributed by atoms with Crippen molar-refractivity contribution < 1.29 is 0 Å². The van der Waals surface area contributed by atoms with Gasteiger partial charge in [-0.2, -0.15) is 10.5 Å². The Morgan fingerprint density at radius 3 is 1.11 bits per heavy atom. The highest BCUT2D eigenvalue weighted by Crippen LogP contribution is 2.46. The molecule has 0 amide bonds. The van der Waals surface area contributed by atoms with E-state index in [-0.39, 0.29) is 0 Å². The molecule has 12 aromatic rings. The number of pyridine rings is 1. The van der Waals surface area contributed by atoms with E-state index in [0.717, 1.165) is 111 Å². The summed E-state index contributed by atoms with van der Waals surface area (Å²) in [6.07, 6.45) is 3.56. The van der Waals surface area contributed by atoms with Crippen molar-refractivity contribution >= 4 is 60.7 Å². The van der Waals surface area contributed by atoms with Gasteiger partial charge < -0.3 is 9.13 Å². The second-order valence-electron chi connectivity index (χ2n) is 17.4. The highest BCUT2D eigenvalue weighted by atomic mass is 15.0. The predicted molar refractivity (Wildman–Crippen MR) is 288 cm³/mol. The Morgan fingerprint density at radius 2 is 0.736 bits per heavy atom. The summed E-state index contributed by atoms with van der Waals surface area (Å²) in [5, 5.41) is 25.0. The van der Waals surface area contributed by atoms with Crippen LogP contribution < -0.4 is 0 Å². The van der Waals surface area contributed by atoms with E-state index in [9.17, 15) is 10.5 Å². The summed E-state index contributed by atoms with van der Waals surface area (Å²) < 4.78 is 4.45. The van der Waals surface area contributed by atoms with Crippen LogP contribution in [0.15, 0.2) is 207 Å². The maximum atomic E-state index is 11.1. The Morgan fingerprint density at radius 1 is 0.375 bits per heavy atom. The van der Waals surface area contributed by atoms with E-state index in [1.54, 1.807) is 12.4 Å². The van der Waals surface area contributed by atoms with Crippen LogP contribution in [-0.2, 0) is 0 Å². The zero-order chi connectivity index (χ0) is 48.9. The quantitative estimate of drug-likeness (QED) is 0.149. The molecule has 12 rings (SSSR count). The van der Waals surface area contributed by atoms with Crippen LogP contribution in [0.3, 0.4) is 0 Å². The van der Waals surface area contributed by atoms with Crippen molar-refractivity contribution in [2.75, 3.05) is 0 Å². The molecule has 0 spiro atoms. The fourth-order valence-corrected chi connectivity index (χ4v) is 10.4. The summed E-state index contributed by atoms with van der Waals surface area (Å²) in [5.74, 6) is 0. The topological polar surface area (TPSA) is 83.4 Å². The van der Waals surface area contributed by atoms with Gasteiger partial charge in [-0.25, -0.2) is 14.5 Å². The van der Waals surface area contributed by atoms with Gasteiger partial charge in [0.1, 0.15) is 0 Å². The summed E-state index contributed by atoms with van der Waals surface area (Å²) in [4.78, 5) is 16.0. The molecule has 0 aliphatic heterocycles. The molecule has 0 saturated carbocycles. The molecule has 3 heterocycles. The molecule has 3 aromatic heterocycles. The molecule has 9 aromatic carbocycles. The van der Waals surface area contributed by atoms with Crippen LogP contribution in [0.2, 0.25) is 0 Å². The summed E-state index contributed by atoms with van der Waals surface area (Å²) in [6, 6.07) is 68.4. The van der Waals surface area contributed by atoms with Gasteiger partial charge in [0, 0.05) is 39.5 Å². The van der Waals surface area contributed by atoms with Crippen LogP contribution in [0.5, 0.6) is 0 Å². The van der Waals surface area contributed by atoms with Crippen molar-refractivity contribution in [3.8, 4) is 79.1 Å². The minimum Gasteiger partial charge on any atom is -0.308 e. The van der Waals surface area contributed by atoms with Crippen LogP contribution in [-0.4, -0.2) is 14.1 Å². The molecule has 72 heavy (non-hydrogen) atoms. The lowest BCUT2D eigenvalue weighted by atomic mass is 9.97. The van der Waals surface area contributed by atoms with E-state index in [2.05, 4.69) is 108 Å². The van der Waals surface area contributed by atoms with Crippen LogP contribution >= 0.6 is 0 Å². The number of aromatic nitrogens is 3. The molecular weight excluding hydrogens is 881 g/mol. The molecule has 0 unspecified atom stereocenters. The molecule has 8 heteroatoms. The van der Waals surface area contributed by atoms with Crippen molar-refractivity contribution in [1.29, 1.82) is 10.5 Å². The van der Waals surface area contributed by atoms with E-state index < -0.39 is 0 Å². The smallest absolute Gasteiger partial charge is 0.194 e. The Labute approximate surface area is 414 Å². The van der Waals surface area contributed by atoms with Crippen LogP contribution in [0.1, 0.15) is 11.1 Å². The van der Waals surface area contributed by atoms with Crippen molar-refractivity contribution in [2.24, 2.45) is 0 Å². The number of rotatable bonds is 7. The monoisotopic (exact) mass is 914 g/mol. The number of para-hydroxylation sites is 3. The summed E-state index contributed by atoms with van der Waals surface area (Å²) >= 11 is 0. The Balaban J connectivity index is 1.20. The highest BCUT2D eigenvalue weighted by molar-refractivity contribution is 6.15. The summed E-state index contributed by atoms with van der Waals surface area (Å²) in [6.45, 7) is 24.0. The van der Waals surface area contributed by atoms with Gasteiger partial charge in [-0.15, -0.1) is 0 Å². The molecule has 0 bridgehead atoms. The summed E-state index contributed by atoms with van der Waals surface area (Å²) in [7, 11) is 0. The van der Waals surface area contributed by atoms with E-state index in [4.69, 9.17) is 19.7 Å². The summed E-state index contributed by atoms with van der Waals surface area (Å²) in [5.41, 5.74) is 16.2. The highest BCUT2D eigenvalue weighted by Gasteiger charge is 2.25. The zero-order valence-electron chi connectivity index (χ0n) is 38.2. The standard InChI is InChI=1S/C64H34N8/c1-67-55-17-9-6-14-48(55)43-21-25-59-52(35-43)51-34-42(47-13-5-4-12-46(47)39-66)20-24-58(51)71(59)62-32-40(38-65)33-63(64(62)41-28-30-70-31-29-41)72-60-26-22-44(49-15-7-10-18-56(49)68-2)36-53(60)54-37-45(23-27-61(54)72)50-16-8-11-19-57(50)69-3/h4-37H. The van der Waals surface area contributed by atoms with Crippen LogP contribution in [0, 0.1) is 42.4 Å². The third kappa shape index (κ3) is 6.84. The second kappa shape index (κ2) is 17.4. The molecule has 0 atom stereocenters. The van der Waals surface area contributed by atoms with Gasteiger partial charge in [0.25, 0.3) is 0 Å². The number of fused-ring (bicyclic) bond motifs is 6. The third-order valence-corrected chi connectivity index (χ3v) is 13.6. The predicted octanol–water partition coefficient (Wildman–Crippen LogP) is 17.0. The number of nitriles is 2. The zero-order valence-corrected chi connectivity index (χ0v) is 38.2. The molecule has 0 N–H and O–H groups in total. The Bertz CT molecular complexity index is 3970. The van der Waals surface area contributed by atoms with Gasteiger partial charge in [-0.3, -0.25) is 4.98 Å². The molecule has 0 aliphatic rings. The molecule has 0 fully saturated rings.